The van der Waals surface area contributed by atoms with E-state index in [4.69, 9.17) is 5.73 Å². The van der Waals surface area contributed by atoms with Crippen molar-refractivity contribution in [1.29, 1.82) is 0 Å². The van der Waals surface area contributed by atoms with Gasteiger partial charge < -0.3 is 11.1 Å². The fourth-order valence-electron chi connectivity index (χ4n) is 2.91. The lowest BCUT2D eigenvalue weighted by Crippen LogP contribution is -2.35. The van der Waals surface area contributed by atoms with Crippen LogP contribution >= 0.6 is 0 Å². The van der Waals surface area contributed by atoms with Crippen LogP contribution < -0.4 is 11.1 Å². The number of hydrogen-bond acceptors (Lipinski definition) is 2. The van der Waals surface area contributed by atoms with Crippen molar-refractivity contribution in [1.82, 2.24) is 5.32 Å². The molecule has 0 radical (unpaired) electrons. The maximum atomic E-state index is 12.0. The van der Waals surface area contributed by atoms with Crippen LogP contribution in [-0.2, 0) is 11.2 Å². The minimum Gasteiger partial charge on any atom is -0.399 e. The molecule has 3 heteroatoms. The summed E-state index contributed by atoms with van der Waals surface area (Å²) in [5.41, 5.74) is 7.75. The molecule has 3 nitrogen and oxygen atoms in total. The van der Waals surface area contributed by atoms with E-state index in [2.05, 4.69) is 5.32 Å². The number of anilines is 1. The smallest absolute Gasteiger partial charge is 0.220 e. The second-order valence-electron chi connectivity index (χ2n) is 5.81. The topological polar surface area (TPSA) is 55.1 Å². The number of para-hydroxylation sites is 1. The highest BCUT2D eigenvalue weighted by atomic mass is 16.1. The van der Waals surface area contributed by atoms with Crippen LogP contribution in [0, 0.1) is 0 Å². The molecule has 1 saturated carbocycles. The Labute approximate surface area is 121 Å². The summed E-state index contributed by atoms with van der Waals surface area (Å²) in [4.78, 5) is 12.0. The molecule has 1 aromatic carbocycles. The minimum atomic E-state index is 0.166. The van der Waals surface area contributed by atoms with Gasteiger partial charge in [-0.1, -0.05) is 50.3 Å². The Hall–Kier alpha value is -1.51. The van der Waals surface area contributed by atoms with E-state index in [9.17, 15) is 4.79 Å². The van der Waals surface area contributed by atoms with E-state index in [-0.39, 0.29) is 5.91 Å². The summed E-state index contributed by atoms with van der Waals surface area (Å²) in [5.74, 6) is 0.166. The molecule has 3 N–H and O–H groups in total. The maximum absolute atomic E-state index is 12.0. The van der Waals surface area contributed by atoms with E-state index in [0.29, 0.717) is 12.5 Å². The van der Waals surface area contributed by atoms with Gasteiger partial charge in [-0.25, -0.2) is 0 Å². The van der Waals surface area contributed by atoms with Crippen LogP contribution in [0.25, 0.3) is 0 Å². The fraction of sp³-hybridized carbons (Fsp3) is 0.588. The van der Waals surface area contributed by atoms with Crippen LogP contribution in [0.2, 0.25) is 0 Å². The molecule has 1 aliphatic carbocycles. The number of nitrogens with two attached hydrogens (primary N) is 1. The van der Waals surface area contributed by atoms with Gasteiger partial charge in [0.25, 0.3) is 0 Å². The normalized spacial score (nSPS) is 17.2. The van der Waals surface area contributed by atoms with E-state index in [1.807, 2.05) is 24.3 Å². The Kier molecular flexibility index (Phi) is 5.90. The summed E-state index contributed by atoms with van der Waals surface area (Å²) < 4.78 is 0. The molecule has 1 fully saturated rings. The Morgan fingerprint density at radius 3 is 2.45 bits per heavy atom. The van der Waals surface area contributed by atoms with Crippen LogP contribution in [0.15, 0.2) is 24.3 Å². The first-order valence-corrected chi connectivity index (χ1v) is 7.88. The zero-order valence-electron chi connectivity index (χ0n) is 12.2. The molecule has 1 aliphatic rings. The van der Waals surface area contributed by atoms with E-state index in [1.54, 1.807) is 0 Å². The monoisotopic (exact) mass is 274 g/mol. The van der Waals surface area contributed by atoms with Crippen LogP contribution in [0.1, 0.15) is 56.9 Å². The van der Waals surface area contributed by atoms with Gasteiger partial charge in [0, 0.05) is 18.2 Å². The fourth-order valence-corrected chi connectivity index (χ4v) is 2.91. The lowest BCUT2D eigenvalue weighted by Gasteiger charge is -2.21. The summed E-state index contributed by atoms with van der Waals surface area (Å²) in [6, 6.07) is 8.17. The summed E-state index contributed by atoms with van der Waals surface area (Å²) in [5, 5.41) is 3.20. The molecule has 0 unspecified atom stereocenters. The van der Waals surface area contributed by atoms with Crippen molar-refractivity contribution in [3.63, 3.8) is 0 Å². The quantitative estimate of drug-likeness (QED) is 0.826. The zero-order valence-corrected chi connectivity index (χ0v) is 12.2. The van der Waals surface area contributed by atoms with Gasteiger partial charge >= 0.3 is 0 Å². The van der Waals surface area contributed by atoms with Gasteiger partial charge in [-0.15, -0.1) is 0 Å². The molecule has 0 spiro atoms. The van der Waals surface area contributed by atoms with Crippen molar-refractivity contribution in [2.24, 2.45) is 0 Å². The lowest BCUT2D eigenvalue weighted by atomic mass is 9.96. The van der Waals surface area contributed by atoms with Crippen molar-refractivity contribution >= 4 is 11.6 Å². The SMILES string of the molecule is Nc1ccccc1CCC(=O)NC1CCCCCCC1. The van der Waals surface area contributed by atoms with Crippen LogP contribution in [0.4, 0.5) is 5.69 Å². The zero-order chi connectivity index (χ0) is 14.2. The van der Waals surface area contributed by atoms with E-state index >= 15 is 0 Å². The van der Waals surface area contributed by atoms with Gasteiger partial charge in [0.2, 0.25) is 5.91 Å². The van der Waals surface area contributed by atoms with Crippen molar-refractivity contribution in [2.75, 3.05) is 5.73 Å². The third kappa shape index (κ3) is 4.87. The third-order valence-electron chi connectivity index (χ3n) is 4.15. The van der Waals surface area contributed by atoms with Crippen molar-refractivity contribution < 1.29 is 4.79 Å². The molecule has 0 aliphatic heterocycles. The van der Waals surface area contributed by atoms with Crippen LogP contribution in [0.5, 0.6) is 0 Å². The average Bonchev–Trinajstić information content (AvgIpc) is 2.41. The summed E-state index contributed by atoms with van der Waals surface area (Å²) in [6.45, 7) is 0. The highest BCUT2D eigenvalue weighted by Gasteiger charge is 2.14. The number of aryl methyl sites for hydroxylation is 1. The largest absolute Gasteiger partial charge is 0.399 e. The first-order chi connectivity index (χ1) is 9.75. The number of rotatable bonds is 4. The number of nitrogens with one attached hydrogen (secondary N) is 1. The summed E-state index contributed by atoms with van der Waals surface area (Å²) in [7, 11) is 0. The number of amides is 1. The van der Waals surface area contributed by atoms with Crippen molar-refractivity contribution in [3.05, 3.63) is 29.8 Å². The second-order valence-corrected chi connectivity index (χ2v) is 5.81. The predicted octanol–water partition coefficient (Wildman–Crippen LogP) is 3.43. The third-order valence-corrected chi connectivity index (χ3v) is 4.15. The summed E-state index contributed by atoms with van der Waals surface area (Å²) in [6.07, 6.45) is 10.0. The molecule has 0 aromatic heterocycles. The average molecular weight is 274 g/mol. The standard InChI is InChI=1S/C17H26N2O/c18-16-11-7-6-8-14(16)12-13-17(20)19-15-9-4-2-1-3-5-10-15/h6-8,11,15H,1-5,9-10,12-13,18H2,(H,19,20). The van der Waals surface area contributed by atoms with Crippen molar-refractivity contribution in [3.8, 4) is 0 Å². The first kappa shape index (κ1) is 14.9. The lowest BCUT2D eigenvalue weighted by molar-refractivity contribution is -0.121. The predicted molar refractivity (Wildman–Crippen MR) is 83.4 cm³/mol. The molecular formula is C17H26N2O. The Morgan fingerprint density at radius 2 is 1.75 bits per heavy atom. The van der Waals surface area contributed by atoms with Crippen molar-refractivity contribution in [2.45, 2.75) is 63.8 Å². The number of hydrogen-bond donors (Lipinski definition) is 2. The molecule has 0 bridgehead atoms. The van der Waals surface area contributed by atoms with Gasteiger partial charge in [0.05, 0.1) is 0 Å². The van der Waals surface area contributed by atoms with Gasteiger partial charge in [0.1, 0.15) is 0 Å². The highest BCUT2D eigenvalue weighted by molar-refractivity contribution is 5.76. The Morgan fingerprint density at radius 1 is 1.10 bits per heavy atom. The van der Waals surface area contributed by atoms with Crippen LogP contribution in [-0.4, -0.2) is 11.9 Å². The van der Waals surface area contributed by atoms with Gasteiger partial charge in [0.15, 0.2) is 0 Å². The minimum absolute atomic E-state index is 0.166. The number of benzene rings is 1. The molecule has 2 rings (SSSR count). The molecule has 0 saturated heterocycles. The number of carbonyl (C=O) groups excluding carboxylic acids is 1. The number of carbonyl (C=O) groups is 1. The molecule has 0 heterocycles. The Balaban J connectivity index is 1.75. The molecule has 0 atom stereocenters. The van der Waals surface area contributed by atoms with Gasteiger partial charge in [-0.3, -0.25) is 4.79 Å². The molecular weight excluding hydrogens is 248 g/mol. The van der Waals surface area contributed by atoms with Gasteiger partial charge in [-0.2, -0.15) is 0 Å². The first-order valence-electron chi connectivity index (χ1n) is 7.88. The highest BCUT2D eigenvalue weighted by Crippen LogP contribution is 2.17. The van der Waals surface area contributed by atoms with E-state index < -0.39 is 0 Å². The van der Waals surface area contributed by atoms with Crippen LogP contribution in [0.3, 0.4) is 0 Å². The maximum Gasteiger partial charge on any atom is 0.220 e. The van der Waals surface area contributed by atoms with Gasteiger partial charge in [-0.05, 0) is 30.9 Å². The molecule has 110 valence electrons. The summed E-state index contributed by atoms with van der Waals surface area (Å²) >= 11 is 0. The Bertz CT molecular complexity index is 423. The number of nitrogen functional groups attached to an aromatic ring is 1. The van der Waals surface area contributed by atoms with E-state index in [1.165, 1.54) is 32.1 Å². The molecule has 1 aromatic rings. The molecule has 1 amide bonds. The second kappa shape index (κ2) is 7.93. The van der Waals surface area contributed by atoms with E-state index in [0.717, 1.165) is 30.5 Å². The molecule has 20 heavy (non-hydrogen) atoms.